The molecule has 1 N–H and O–H groups in total. The quantitative estimate of drug-likeness (QED) is 0.688. The number of nitrogens with one attached hydrogen (secondary N) is 1. The van der Waals surface area contributed by atoms with Gasteiger partial charge in [0, 0.05) is 49.8 Å². The number of carbonyl (C=O) groups is 2. The molecule has 0 atom stereocenters. The van der Waals surface area contributed by atoms with Crippen LogP contribution in [0.5, 0.6) is 0 Å². The molecule has 1 aromatic carbocycles. The van der Waals surface area contributed by atoms with Crippen molar-refractivity contribution in [1.82, 2.24) is 9.62 Å². The summed E-state index contributed by atoms with van der Waals surface area (Å²) in [7, 11) is -3.68. The van der Waals surface area contributed by atoms with Crippen molar-refractivity contribution in [2.24, 2.45) is 0 Å². The Hall–Kier alpha value is -1.88. The fourth-order valence-electron chi connectivity index (χ4n) is 3.77. The first kappa shape index (κ1) is 22.3. The number of benzene rings is 1. The Morgan fingerprint density at radius 2 is 1.90 bits per heavy atom. The molecule has 0 aliphatic carbocycles. The number of thioether (sulfide) groups is 1. The molecule has 0 radical (unpaired) electrons. The topological polar surface area (TPSA) is 86.8 Å². The molecule has 10 heteroatoms. The van der Waals surface area contributed by atoms with E-state index in [0.717, 1.165) is 46.9 Å². The number of hydrogen-bond donors (Lipinski definition) is 1. The van der Waals surface area contributed by atoms with Crippen LogP contribution in [0.15, 0.2) is 40.6 Å². The van der Waals surface area contributed by atoms with Gasteiger partial charge in [0.25, 0.3) is 5.91 Å². The van der Waals surface area contributed by atoms with Crippen LogP contribution in [-0.4, -0.2) is 55.7 Å². The van der Waals surface area contributed by atoms with Gasteiger partial charge in [-0.05, 0) is 42.0 Å². The van der Waals surface area contributed by atoms with Crippen molar-refractivity contribution in [3.05, 3.63) is 46.2 Å². The first-order chi connectivity index (χ1) is 15.0. The van der Waals surface area contributed by atoms with Gasteiger partial charge in [0.2, 0.25) is 15.9 Å². The lowest BCUT2D eigenvalue weighted by molar-refractivity contribution is -0.119. The summed E-state index contributed by atoms with van der Waals surface area (Å²) in [6.07, 6.45) is 2.47. The minimum absolute atomic E-state index is 0.0783. The number of hydrogen-bond acceptors (Lipinski definition) is 6. The zero-order valence-electron chi connectivity index (χ0n) is 17.1. The number of thiophene rings is 1. The lowest BCUT2D eigenvalue weighted by atomic mass is 10.1. The number of sulfonamides is 1. The SMILES string of the molecule is O=C(NCc1cccc(N2CCCCC2=O)c1)c1sccc1S(=O)(=O)N1CCSCC1. The van der Waals surface area contributed by atoms with Crippen LogP contribution < -0.4 is 10.2 Å². The summed E-state index contributed by atoms with van der Waals surface area (Å²) in [5, 5.41) is 4.48. The largest absolute Gasteiger partial charge is 0.347 e. The third kappa shape index (κ3) is 4.97. The first-order valence-corrected chi connectivity index (χ1v) is 13.8. The summed E-state index contributed by atoms with van der Waals surface area (Å²) in [6.45, 7) is 1.89. The van der Waals surface area contributed by atoms with Crippen LogP contribution >= 0.6 is 23.1 Å². The Bertz CT molecular complexity index is 1060. The molecule has 2 aliphatic rings. The number of anilines is 1. The Morgan fingerprint density at radius 3 is 2.68 bits per heavy atom. The lowest BCUT2D eigenvalue weighted by Crippen LogP contribution is -2.38. The summed E-state index contributed by atoms with van der Waals surface area (Å²) in [4.78, 5) is 27.1. The van der Waals surface area contributed by atoms with Gasteiger partial charge in [-0.1, -0.05) is 12.1 Å². The highest BCUT2D eigenvalue weighted by Crippen LogP contribution is 2.27. The smallest absolute Gasteiger partial charge is 0.263 e. The van der Waals surface area contributed by atoms with Gasteiger partial charge >= 0.3 is 0 Å². The fraction of sp³-hybridized carbons (Fsp3) is 0.429. The molecular formula is C21H25N3O4S3. The summed E-state index contributed by atoms with van der Waals surface area (Å²) in [6, 6.07) is 9.07. The summed E-state index contributed by atoms with van der Waals surface area (Å²) in [5.74, 6) is 1.25. The molecule has 1 aromatic heterocycles. The molecule has 0 saturated carbocycles. The molecule has 0 unspecified atom stereocenters. The fourth-order valence-corrected chi connectivity index (χ4v) is 7.66. The zero-order valence-corrected chi connectivity index (χ0v) is 19.5. The third-order valence-electron chi connectivity index (χ3n) is 5.42. The first-order valence-electron chi connectivity index (χ1n) is 10.3. The van der Waals surface area contributed by atoms with Gasteiger partial charge in [0.15, 0.2) is 0 Å². The maximum atomic E-state index is 13.0. The zero-order chi connectivity index (χ0) is 21.8. The molecule has 7 nitrogen and oxygen atoms in total. The average Bonchev–Trinajstić information content (AvgIpc) is 3.30. The number of carbonyl (C=O) groups excluding carboxylic acids is 2. The molecule has 0 bridgehead atoms. The minimum atomic E-state index is -3.68. The van der Waals surface area contributed by atoms with Crippen LogP contribution in [0.3, 0.4) is 0 Å². The monoisotopic (exact) mass is 479 g/mol. The number of amides is 2. The van der Waals surface area contributed by atoms with Gasteiger partial charge in [0.05, 0.1) is 0 Å². The summed E-state index contributed by atoms with van der Waals surface area (Å²) >= 11 is 2.87. The van der Waals surface area contributed by atoms with Gasteiger partial charge < -0.3 is 10.2 Å². The van der Waals surface area contributed by atoms with Crippen LogP contribution in [0.2, 0.25) is 0 Å². The van der Waals surface area contributed by atoms with Crippen molar-refractivity contribution in [1.29, 1.82) is 0 Å². The predicted octanol–water partition coefficient (Wildman–Crippen LogP) is 2.93. The Balaban J connectivity index is 1.45. The van der Waals surface area contributed by atoms with Gasteiger partial charge in [-0.25, -0.2) is 8.42 Å². The van der Waals surface area contributed by atoms with E-state index in [4.69, 9.17) is 0 Å². The number of rotatable bonds is 6. The maximum absolute atomic E-state index is 13.0. The van der Waals surface area contributed by atoms with E-state index in [1.807, 2.05) is 24.3 Å². The van der Waals surface area contributed by atoms with E-state index in [9.17, 15) is 18.0 Å². The second-order valence-corrected chi connectivity index (χ2v) is 11.5. The number of piperidine rings is 1. The van der Waals surface area contributed by atoms with Gasteiger partial charge in [0.1, 0.15) is 9.77 Å². The molecule has 31 heavy (non-hydrogen) atoms. The molecule has 2 amide bonds. The Morgan fingerprint density at radius 1 is 1.10 bits per heavy atom. The van der Waals surface area contributed by atoms with E-state index < -0.39 is 15.9 Å². The summed E-state index contributed by atoms with van der Waals surface area (Å²) < 4.78 is 27.5. The highest BCUT2D eigenvalue weighted by molar-refractivity contribution is 7.99. The molecule has 3 heterocycles. The van der Waals surface area contributed by atoms with E-state index in [1.54, 1.807) is 22.0 Å². The van der Waals surface area contributed by atoms with Gasteiger partial charge in [-0.15, -0.1) is 11.3 Å². The van der Waals surface area contributed by atoms with Gasteiger partial charge in [-0.2, -0.15) is 16.1 Å². The van der Waals surface area contributed by atoms with E-state index in [-0.39, 0.29) is 22.2 Å². The highest BCUT2D eigenvalue weighted by Gasteiger charge is 2.31. The molecule has 2 fully saturated rings. The highest BCUT2D eigenvalue weighted by atomic mass is 32.2. The minimum Gasteiger partial charge on any atom is -0.347 e. The summed E-state index contributed by atoms with van der Waals surface area (Å²) in [5.41, 5.74) is 1.69. The standard InChI is InChI=1S/C21H25N3O4S3/c25-19-6-1-2-8-24(19)17-5-3-4-16(14-17)15-22-21(26)20-18(7-11-30-20)31(27,28)23-9-12-29-13-10-23/h3-5,7,11,14H,1-2,6,8-10,12-13,15H2,(H,22,26). The molecule has 0 spiro atoms. The van der Waals surface area contributed by atoms with Crippen LogP contribution in [0.4, 0.5) is 5.69 Å². The van der Waals surface area contributed by atoms with E-state index in [0.29, 0.717) is 26.1 Å². The van der Waals surface area contributed by atoms with Crippen LogP contribution in [0.1, 0.15) is 34.5 Å². The van der Waals surface area contributed by atoms with Gasteiger partial charge in [-0.3, -0.25) is 9.59 Å². The second-order valence-electron chi connectivity index (χ2n) is 7.49. The van der Waals surface area contributed by atoms with Crippen molar-refractivity contribution >= 4 is 50.6 Å². The van der Waals surface area contributed by atoms with Crippen LogP contribution in [0, 0.1) is 0 Å². The van der Waals surface area contributed by atoms with Crippen molar-refractivity contribution in [3.8, 4) is 0 Å². The van der Waals surface area contributed by atoms with Crippen molar-refractivity contribution in [2.45, 2.75) is 30.7 Å². The second kappa shape index (κ2) is 9.72. The molecule has 2 aliphatic heterocycles. The Kier molecular flexibility index (Phi) is 7.00. The molecule has 2 saturated heterocycles. The molecule has 2 aromatic rings. The van der Waals surface area contributed by atoms with Crippen molar-refractivity contribution < 1.29 is 18.0 Å². The Labute approximate surface area is 190 Å². The van der Waals surface area contributed by atoms with Crippen molar-refractivity contribution in [3.63, 3.8) is 0 Å². The molecular weight excluding hydrogens is 454 g/mol. The number of nitrogens with zero attached hydrogens (tertiary/aromatic N) is 2. The van der Waals surface area contributed by atoms with Crippen LogP contribution in [0.25, 0.3) is 0 Å². The molecule has 4 rings (SSSR count). The normalized spacial score (nSPS) is 18.2. The van der Waals surface area contributed by atoms with E-state index in [1.165, 1.54) is 10.4 Å². The average molecular weight is 480 g/mol. The lowest BCUT2D eigenvalue weighted by Gasteiger charge is -2.27. The molecule has 166 valence electrons. The van der Waals surface area contributed by atoms with Crippen LogP contribution in [-0.2, 0) is 21.4 Å². The van der Waals surface area contributed by atoms with Crippen molar-refractivity contribution in [2.75, 3.05) is 36.0 Å². The third-order valence-corrected chi connectivity index (χ3v) is 9.35. The maximum Gasteiger partial charge on any atom is 0.263 e. The predicted molar refractivity (Wildman–Crippen MR) is 124 cm³/mol. The van der Waals surface area contributed by atoms with E-state index >= 15 is 0 Å². The van der Waals surface area contributed by atoms with E-state index in [2.05, 4.69) is 5.32 Å².